The summed E-state index contributed by atoms with van der Waals surface area (Å²) in [6.07, 6.45) is -1.29. The third-order valence-corrected chi connectivity index (χ3v) is 5.31. The zero-order valence-corrected chi connectivity index (χ0v) is 17.5. The van der Waals surface area contributed by atoms with E-state index in [1.165, 1.54) is 24.6 Å². The number of carbonyl (C=O) groups is 2. The molecule has 0 unspecified atom stereocenters. The second kappa shape index (κ2) is 9.34. The highest BCUT2D eigenvalue weighted by Crippen LogP contribution is 2.30. The maximum Gasteiger partial charge on any atom is 0.416 e. The fourth-order valence-electron chi connectivity index (χ4n) is 2.84. The molecule has 0 aliphatic rings. The molecule has 1 atom stereocenters. The van der Waals surface area contributed by atoms with E-state index in [0.29, 0.717) is 15.6 Å². The molecule has 2 amide bonds. The van der Waals surface area contributed by atoms with Crippen LogP contribution in [0.3, 0.4) is 0 Å². The fraction of sp³-hybridized carbons (Fsp3) is 0.286. The molecule has 0 fully saturated rings. The highest BCUT2D eigenvalue weighted by atomic mass is 32.1. The van der Waals surface area contributed by atoms with E-state index in [4.69, 9.17) is 4.42 Å². The Bertz CT molecular complexity index is 1050. The van der Waals surface area contributed by atoms with Gasteiger partial charge in [0, 0.05) is 17.5 Å². The molecule has 10 heteroatoms. The number of anilines is 1. The zero-order chi connectivity index (χ0) is 22.6. The number of alkyl halides is 3. The predicted molar refractivity (Wildman–Crippen MR) is 110 cm³/mol. The monoisotopic (exact) mass is 451 g/mol. The third kappa shape index (κ3) is 5.94. The van der Waals surface area contributed by atoms with Crippen molar-refractivity contribution in [3.8, 4) is 0 Å². The van der Waals surface area contributed by atoms with Crippen LogP contribution in [0.1, 0.15) is 40.4 Å². The van der Waals surface area contributed by atoms with E-state index in [1.54, 1.807) is 26.0 Å². The summed E-state index contributed by atoms with van der Waals surface area (Å²) in [6, 6.07) is 7.31. The summed E-state index contributed by atoms with van der Waals surface area (Å²) in [5.74, 6) is -1.07. The molecule has 164 valence electrons. The lowest BCUT2D eigenvalue weighted by Crippen LogP contribution is -2.47. The summed E-state index contributed by atoms with van der Waals surface area (Å²) in [6.45, 7) is 3.57. The quantitative estimate of drug-likeness (QED) is 0.544. The Balaban J connectivity index is 1.65. The van der Waals surface area contributed by atoms with Gasteiger partial charge in [-0.25, -0.2) is 4.98 Å². The number of nitrogens with one attached hydrogen (secondary N) is 2. The van der Waals surface area contributed by atoms with Gasteiger partial charge in [-0.15, -0.1) is 11.3 Å². The molecule has 0 saturated carbocycles. The Morgan fingerprint density at radius 2 is 1.97 bits per heavy atom. The van der Waals surface area contributed by atoms with E-state index in [9.17, 15) is 22.8 Å². The molecule has 3 rings (SSSR count). The summed E-state index contributed by atoms with van der Waals surface area (Å²) in [7, 11) is 0. The first kappa shape index (κ1) is 22.5. The lowest BCUT2D eigenvalue weighted by Gasteiger charge is -2.20. The summed E-state index contributed by atoms with van der Waals surface area (Å²) in [4.78, 5) is 29.7. The molecule has 0 spiro atoms. The zero-order valence-electron chi connectivity index (χ0n) is 16.7. The van der Waals surface area contributed by atoms with Crippen LogP contribution in [0.25, 0.3) is 0 Å². The summed E-state index contributed by atoms with van der Waals surface area (Å²) >= 11 is 1.16. The number of rotatable bonds is 7. The highest BCUT2D eigenvalue weighted by molar-refractivity contribution is 7.15. The largest absolute Gasteiger partial charge is 0.459 e. The van der Waals surface area contributed by atoms with Crippen LogP contribution in [-0.4, -0.2) is 22.8 Å². The normalized spacial score (nSPS) is 12.6. The number of benzene rings is 1. The topological polar surface area (TPSA) is 84.2 Å². The van der Waals surface area contributed by atoms with Crippen LogP contribution in [0.5, 0.6) is 0 Å². The highest BCUT2D eigenvalue weighted by Gasteiger charge is 2.30. The molecule has 2 heterocycles. The summed E-state index contributed by atoms with van der Waals surface area (Å²) < 4.78 is 43.7. The van der Waals surface area contributed by atoms with Gasteiger partial charge in [0.05, 0.1) is 11.8 Å². The average molecular weight is 451 g/mol. The predicted octanol–water partition coefficient (Wildman–Crippen LogP) is 4.74. The van der Waals surface area contributed by atoms with Gasteiger partial charge < -0.3 is 15.1 Å². The number of thiazole rings is 1. The fourth-order valence-corrected chi connectivity index (χ4v) is 3.69. The van der Waals surface area contributed by atoms with Gasteiger partial charge in [0.15, 0.2) is 10.9 Å². The van der Waals surface area contributed by atoms with E-state index in [2.05, 4.69) is 15.6 Å². The van der Waals surface area contributed by atoms with Crippen molar-refractivity contribution < 1.29 is 27.2 Å². The summed E-state index contributed by atoms with van der Waals surface area (Å²) in [5, 5.41) is 5.59. The number of amides is 2. The maximum absolute atomic E-state index is 12.9. The molecule has 0 aliphatic carbocycles. The van der Waals surface area contributed by atoms with Crippen molar-refractivity contribution >= 4 is 28.3 Å². The molecule has 0 aliphatic heterocycles. The molecular weight excluding hydrogens is 431 g/mol. The van der Waals surface area contributed by atoms with Crippen LogP contribution < -0.4 is 10.6 Å². The molecule has 2 N–H and O–H groups in total. The van der Waals surface area contributed by atoms with Crippen LogP contribution in [0.15, 0.2) is 53.3 Å². The number of aromatic nitrogens is 1. The number of halogens is 3. The lowest BCUT2D eigenvalue weighted by atomic mass is 10.0. The minimum absolute atomic E-state index is 0.0936. The van der Waals surface area contributed by atoms with E-state index in [0.717, 1.165) is 23.5 Å². The Morgan fingerprint density at radius 1 is 1.19 bits per heavy atom. The first-order chi connectivity index (χ1) is 14.6. The molecule has 0 saturated heterocycles. The van der Waals surface area contributed by atoms with Gasteiger partial charge in [-0.1, -0.05) is 32.0 Å². The molecule has 0 bridgehead atoms. The number of hydrogen-bond acceptors (Lipinski definition) is 5. The van der Waals surface area contributed by atoms with Crippen LogP contribution >= 0.6 is 11.3 Å². The molecule has 3 aromatic rings. The smallest absolute Gasteiger partial charge is 0.416 e. The number of furan rings is 1. The Hall–Kier alpha value is -3.14. The van der Waals surface area contributed by atoms with Crippen molar-refractivity contribution in [1.82, 2.24) is 10.3 Å². The van der Waals surface area contributed by atoms with Crippen molar-refractivity contribution in [3.05, 3.63) is 70.6 Å². The molecular formula is C21H20F3N3O3S. The van der Waals surface area contributed by atoms with Crippen LogP contribution in [0.2, 0.25) is 0 Å². The lowest BCUT2D eigenvalue weighted by molar-refractivity contribution is -0.137. The standard InChI is InChI=1S/C21H20F3N3O3S/c1-12(2)17(26-18(28)16-7-4-8-30-16)19(29)27-20-25-11-15(31-20)10-13-5-3-6-14(9-13)21(22,23)24/h3-9,11-12,17H,10H2,1-2H3,(H,26,28)(H,25,27,29)/t17-/m0/s1. The molecule has 0 radical (unpaired) electrons. The van der Waals surface area contributed by atoms with E-state index in [-0.39, 0.29) is 18.1 Å². The van der Waals surface area contributed by atoms with E-state index < -0.39 is 29.6 Å². The molecule has 1 aromatic carbocycles. The molecule has 31 heavy (non-hydrogen) atoms. The number of carbonyl (C=O) groups excluding carboxylic acids is 2. The second-order valence-electron chi connectivity index (χ2n) is 7.17. The van der Waals surface area contributed by atoms with Gasteiger partial charge in [-0.3, -0.25) is 9.59 Å². The summed E-state index contributed by atoms with van der Waals surface area (Å²) in [5.41, 5.74) is -0.225. The van der Waals surface area contributed by atoms with Crippen molar-refractivity contribution in [2.24, 2.45) is 5.92 Å². The van der Waals surface area contributed by atoms with Gasteiger partial charge in [0.25, 0.3) is 5.91 Å². The van der Waals surface area contributed by atoms with Crippen LogP contribution in [-0.2, 0) is 17.4 Å². The van der Waals surface area contributed by atoms with Gasteiger partial charge in [-0.2, -0.15) is 13.2 Å². The van der Waals surface area contributed by atoms with E-state index >= 15 is 0 Å². The SMILES string of the molecule is CC(C)[C@H](NC(=O)c1ccco1)C(=O)Nc1ncc(Cc2cccc(C(F)(F)F)c2)s1. The first-order valence-electron chi connectivity index (χ1n) is 9.39. The van der Waals surface area contributed by atoms with Crippen LogP contribution in [0.4, 0.5) is 18.3 Å². The van der Waals surface area contributed by atoms with E-state index in [1.807, 2.05) is 0 Å². The maximum atomic E-state index is 12.9. The van der Waals surface area contributed by atoms with Gasteiger partial charge >= 0.3 is 6.18 Å². The Labute approximate surface area is 180 Å². The number of nitrogens with zero attached hydrogens (tertiary/aromatic N) is 1. The molecule has 2 aromatic heterocycles. The third-order valence-electron chi connectivity index (χ3n) is 4.40. The first-order valence-corrected chi connectivity index (χ1v) is 10.2. The van der Waals surface area contributed by atoms with Crippen molar-refractivity contribution in [2.75, 3.05) is 5.32 Å². The van der Waals surface area contributed by atoms with Crippen molar-refractivity contribution in [1.29, 1.82) is 0 Å². The molecule has 6 nitrogen and oxygen atoms in total. The Morgan fingerprint density at radius 3 is 2.61 bits per heavy atom. The minimum Gasteiger partial charge on any atom is -0.459 e. The van der Waals surface area contributed by atoms with Crippen molar-refractivity contribution in [3.63, 3.8) is 0 Å². The average Bonchev–Trinajstić information content (AvgIpc) is 3.37. The minimum atomic E-state index is -4.41. The van der Waals surface area contributed by atoms with Crippen molar-refractivity contribution in [2.45, 2.75) is 32.5 Å². The van der Waals surface area contributed by atoms with Crippen LogP contribution in [0, 0.1) is 5.92 Å². The van der Waals surface area contributed by atoms with Gasteiger partial charge in [0.2, 0.25) is 5.91 Å². The van der Waals surface area contributed by atoms with Gasteiger partial charge in [0.1, 0.15) is 6.04 Å². The number of hydrogen-bond donors (Lipinski definition) is 2. The van der Waals surface area contributed by atoms with Gasteiger partial charge in [-0.05, 0) is 29.7 Å². The Kier molecular flexibility index (Phi) is 6.79. The second-order valence-corrected chi connectivity index (χ2v) is 8.28.